The molecule has 0 bridgehead atoms. The van der Waals surface area contributed by atoms with Crippen LogP contribution in [0.1, 0.15) is 70.6 Å². The predicted molar refractivity (Wildman–Crippen MR) is 198 cm³/mol. The lowest BCUT2D eigenvalue weighted by atomic mass is 9.84. The highest BCUT2D eigenvalue weighted by Gasteiger charge is 2.34. The lowest BCUT2D eigenvalue weighted by molar-refractivity contribution is -0.117. The Balaban J connectivity index is 1.32. The maximum atomic E-state index is 14.5. The van der Waals surface area contributed by atoms with Crippen molar-refractivity contribution < 1.29 is 49.4 Å². The fourth-order valence-electron chi connectivity index (χ4n) is 6.49. The number of benzene rings is 5. The van der Waals surface area contributed by atoms with Crippen LogP contribution in [0.2, 0.25) is 0 Å². The molecule has 0 atom stereocenters. The van der Waals surface area contributed by atoms with Crippen molar-refractivity contribution in [1.29, 1.82) is 0 Å². The molecule has 5 aromatic carbocycles. The molecule has 0 aliphatic heterocycles. The van der Waals surface area contributed by atoms with Gasteiger partial charge in [0.1, 0.15) is 24.5 Å². The number of hydrogen-bond donors (Lipinski definition) is 1. The number of carbonyl (C=O) groups is 2. The summed E-state index contributed by atoms with van der Waals surface area (Å²) in [6, 6.07) is 29.8. The maximum Gasteiger partial charge on any atom is 0.342 e. The number of carbonyl (C=O) groups excluding carboxylic acids is 2. The summed E-state index contributed by atoms with van der Waals surface area (Å²) in [6.45, 7) is -1.32. The van der Waals surface area contributed by atoms with Gasteiger partial charge in [-0.05, 0) is 53.1 Å². The van der Waals surface area contributed by atoms with E-state index in [9.17, 15) is 40.0 Å². The largest absolute Gasteiger partial charge is 0.488 e. The van der Waals surface area contributed by atoms with Gasteiger partial charge in [-0.1, -0.05) is 104 Å². The summed E-state index contributed by atoms with van der Waals surface area (Å²) in [7, 11) is -5.46. The second-order valence-electron chi connectivity index (χ2n) is 13.3. The van der Waals surface area contributed by atoms with Crippen LogP contribution in [0, 0.1) is 29.1 Å². The number of rotatable bonds is 14. The lowest BCUT2D eigenvalue weighted by Crippen LogP contribution is -2.40. The third-order valence-electron chi connectivity index (χ3n) is 9.50. The Morgan fingerprint density at radius 3 is 1.86 bits per heavy atom. The molecule has 292 valence electrons. The summed E-state index contributed by atoms with van der Waals surface area (Å²) in [5, 5.41) is 0. The maximum absolute atomic E-state index is 14.5. The Bertz CT molecular complexity index is 2260. The zero-order valence-electron chi connectivity index (χ0n) is 30.0. The number of nitrogens with one attached hydrogen (secondary N) is 1. The van der Waals surface area contributed by atoms with Crippen molar-refractivity contribution in [3.63, 3.8) is 0 Å². The molecule has 0 unspecified atom stereocenters. The monoisotopic (exact) mass is 792 g/mol. The molecule has 5 aromatic rings. The number of amides is 1. The normalized spacial score (nSPS) is 13.3. The molecule has 14 heteroatoms. The Hall–Kier alpha value is -5.60. The van der Waals surface area contributed by atoms with E-state index in [-0.39, 0.29) is 36.8 Å². The number of halogens is 5. The standard InChI is InChI=1S/C42H37F5N2O6S/c43-36-37(44)39(46)41(40(47)38(36)45)56(52,53)48-23-35(50)49(24-27-16-18-31(19-17-27)30-14-8-3-9-15-30)32-20-21-33(42(51)55-26-29-12-6-2-7-13-29)34(22-32)54-25-28-10-4-1-5-11-28/h1-2,4-7,10-13,16-22,30,48H,3,8-9,14-15,23-26H2. The van der Waals surface area contributed by atoms with Crippen LogP contribution in [0.4, 0.5) is 27.6 Å². The fraction of sp³-hybridized carbons (Fsp3) is 0.238. The van der Waals surface area contributed by atoms with Gasteiger partial charge in [-0.15, -0.1) is 0 Å². The first-order valence-corrected chi connectivity index (χ1v) is 19.3. The summed E-state index contributed by atoms with van der Waals surface area (Å²) in [4.78, 5) is 26.4. The van der Waals surface area contributed by atoms with Gasteiger partial charge in [0, 0.05) is 11.8 Å². The molecule has 1 aliphatic rings. The van der Waals surface area contributed by atoms with Crippen molar-refractivity contribution in [3.8, 4) is 5.75 Å². The first kappa shape index (κ1) is 40.1. The van der Waals surface area contributed by atoms with Gasteiger partial charge < -0.3 is 14.4 Å². The van der Waals surface area contributed by atoms with Gasteiger partial charge in [0.25, 0.3) is 0 Å². The second kappa shape index (κ2) is 17.9. The lowest BCUT2D eigenvalue weighted by Gasteiger charge is -2.25. The molecule has 1 saturated carbocycles. The zero-order valence-corrected chi connectivity index (χ0v) is 30.8. The molecular weight excluding hydrogens is 756 g/mol. The minimum absolute atomic E-state index is 0.0154. The van der Waals surface area contributed by atoms with Crippen molar-refractivity contribution in [2.75, 3.05) is 11.4 Å². The van der Waals surface area contributed by atoms with Gasteiger partial charge in [0.2, 0.25) is 21.7 Å². The molecule has 6 rings (SSSR count). The average Bonchev–Trinajstić information content (AvgIpc) is 3.23. The Labute approximate surface area is 320 Å². The number of esters is 1. The molecule has 0 heterocycles. The Morgan fingerprint density at radius 1 is 0.679 bits per heavy atom. The molecule has 1 amide bonds. The van der Waals surface area contributed by atoms with E-state index in [4.69, 9.17) is 9.47 Å². The van der Waals surface area contributed by atoms with E-state index in [2.05, 4.69) is 0 Å². The highest BCUT2D eigenvalue weighted by molar-refractivity contribution is 7.89. The van der Waals surface area contributed by atoms with Gasteiger partial charge in [0.05, 0.1) is 13.1 Å². The minimum atomic E-state index is -5.46. The summed E-state index contributed by atoms with van der Waals surface area (Å²) >= 11 is 0. The van der Waals surface area contributed by atoms with Crippen LogP contribution in [0.3, 0.4) is 0 Å². The van der Waals surface area contributed by atoms with E-state index in [1.165, 1.54) is 24.6 Å². The highest BCUT2D eigenvalue weighted by Crippen LogP contribution is 2.34. The fourth-order valence-corrected chi connectivity index (χ4v) is 7.59. The molecule has 0 radical (unpaired) electrons. The number of nitrogens with zero attached hydrogens (tertiary/aromatic N) is 1. The van der Waals surface area contributed by atoms with E-state index in [0.717, 1.165) is 47.3 Å². The summed E-state index contributed by atoms with van der Waals surface area (Å²) in [5.74, 6) is -13.9. The Kier molecular flexibility index (Phi) is 12.8. The summed E-state index contributed by atoms with van der Waals surface area (Å²) < 4.78 is 110. The quantitative estimate of drug-likeness (QED) is 0.0522. The van der Waals surface area contributed by atoms with E-state index in [0.29, 0.717) is 11.5 Å². The van der Waals surface area contributed by atoms with Gasteiger partial charge in [-0.3, -0.25) is 4.79 Å². The summed E-state index contributed by atoms with van der Waals surface area (Å²) in [5.41, 5.74) is 3.41. The molecule has 0 aromatic heterocycles. The molecule has 8 nitrogen and oxygen atoms in total. The molecular formula is C42H37F5N2O6S. The molecule has 1 N–H and O–H groups in total. The van der Waals surface area contributed by atoms with Crippen LogP contribution in [0.25, 0.3) is 0 Å². The van der Waals surface area contributed by atoms with Crippen LogP contribution in [0.5, 0.6) is 5.75 Å². The first-order valence-electron chi connectivity index (χ1n) is 17.8. The number of sulfonamides is 1. The van der Waals surface area contributed by atoms with Gasteiger partial charge in [-0.25, -0.2) is 39.9 Å². The summed E-state index contributed by atoms with van der Waals surface area (Å²) in [6.07, 6.45) is 5.54. The van der Waals surface area contributed by atoms with Crippen LogP contribution >= 0.6 is 0 Å². The third-order valence-corrected chi connectivity index (χ3v) is 10.9. The average molecular weight is 793 g/mol. The molecule has 0 spiro atoms. The SMILES string of the molecule is O=C(OCc1ccccc1)c1ccc(N(Cc2ccc(C3CCCCC3)cc2)C(=O)CNS(=O)(=O)c2c(F)c(F)c(F)c(F)c2F)cc1OCc1ccccc1. The van der Waals surface area contributed by atoms with E-state index >= 15 is 0 Å². The van der Waals surface area contributed by atoms with E-state index < -0.39 is 62.4 Å². The van der Waals surface area contributed by atoms with Crippen molar-refractivity contribution in [1.82, 2.24) is 4.72 Å². The predicted octanol–water partition coefficient (Wildman–Crippen LogP) is 8.88. The van der Waals surface area contributed by atoms with Crippen molar-refractivity contribution in [2.24, 2.45) is 0 Å². The number of ether oxygens (including phenoxy) is 2. The first-order chi connectivity index (χ1) is 26.9. The van der Waals surface area contributed by atoms with Crippen LogP contribution in [-0.4, -0.2) is 26.8 Å². The van der Waals surface area contributed by atoms with Crippen molar-refractivity contribution in [2.45, 2.75) is 62.7 Å². The van der Waals surface area contributed by atoms with Gasteiger partial charge in [0.15, 0.2) is 28.2 Å². The Morgan fingerprint density at radius 2 is 1.25 bits per heavy atom. The van der Waals surface area contributed by atoms with E-state index in [1.807, 2.05) is 36.4 Å². The van der Waals surface area contributed by atoms with Gasteiger partial charge >= 0.3 is 5.97 Å². The van der Waals surface area contributed by atoms with Crippen molar-refractivity contribution >= 4 is 27.6 Å². The molecule has 0 saturated heterocycles. The van der Waals surface area contributed by atoms with Crippen molar-refractivity contribution in [3.05, 3.63) is 160 Å². The topological polar surface area (TPSA) is 102 Å². The third kappa shape index (κ3) is 9.43. The van der Waals surface area contributed by atoms with Crippen LogP contribution in [0.15, 0.2) is 108 Å². The zero-order chi connectivity index (χ0) is 39.8. The molecule has 1 aliphatic carbocycles. The van der Waals surface area contributed by atoms with Crippen LogP contribution in [-0.2, 0) is 39.3 Å². The highest BCUT2D eigenvalue weighted by atomic mass is 32.2. The van der Waals surface area contributed by atoms with Gasteiger partial charge in [-0.2, -0.15) is 0 Å². The smallest absolute Gasteiger partial charge is 0.342 e. The van der Waals surface area contributed by atoms with E-state index in [1.54, 1.807) is 53.3 Å². The molecule has 1 fully saturated rings. The molecule has 56 heavy (non-hydrogen) atoms. The number of anilines is 1. The number of hydrogen-bond acceptors (Lipinski definition) is 6. The minimum Gasteiger partial charge on any atom is -0.488 e. The second-order valence-corrected chi connectivity index (χ2v) is 15.0. The van der Waals surface area contributed by atoms with Crippen LogP contribution < -0.4 is 14.4 Å².